The molecule has 0 atom stereocenters. The van der Waals surface area contributed by atoms with Crippen LogP contribution >= 0.6 is 22.6 Å². The normalized spacial score (nSPS) is 12.8. The molecule has 0 amide bonds. The standard InChI is InChI=1S/C20H25FN6O2.C19H22FIN6O2.CH4/c1-11(2)9-23-4-5-27-16(24-17-18(22)25-20(21)26-19(17)27)8-13-7-15-14(6-12(13)3)28-10-29-15;1-10(2)8-23-3-4-27-15(24-16-17(22)25-19(20)26-18(16)27)6-11-5-13-14(7-12(11)21)29-9-28-13;/h6-7,11,23H,4-5,8-10H2,1-3H3,(H2,22,25,26);5,7,10,23H,3-4,6,8-9H2,1-2H3,(H2,22,25,26);1H4. The molecule has 8 rings (SSSR count). The summed E-state index contributed by atoms with van der Waals surface area (Å²) in [4.78, 5) is 24.4. The molecule has 6 N–H and O–H groups in total. The van der Waals surface area contributed by atoms with Crippen LogP contribution in [0.4, 0.5) is 20.4 Å². The van der Waals surface area contributed by atoms with E-state index in [-0.39, 0.29) is 32.6 Å². The summed E-state index contributed by atoms with van der Waals surface area (Å²) in [6, 6.07) is 7.83. The van der Waals surface area contributed by atoms with Gasteiger partial charge >= 0.3 is 12.2 Å². The smallest absolute Gasteiger partial charge is 0.312 e. The van der Waals surface area contributed by atoms with Gasteiger partial charge in [0.15, 0.2) is 57.0 Å². The summed E-state index contributed by atoms with van der Waals surface area (Å²) in [7, 11) is 0. The Balaban J connectivity index is 0.000000195. The van der Waals surface area contributed by atoms with Crippen molar-refractivity contribution < 1.29 is 27.7 Å². The summed E-state index contributed by atoms with van der Waals surface area (Å²) in [6.07, 6.45) is -0.645. The number of fused-ring (bicyclic) bond motifs is 4. The van der Waals surface area contributed by atoms with Gasteiger partial charge in [0, 0.05) is 42.6 Å². The third-order valence-electron chi connectivity index (χ3n) is 9.55. The number of halogens is 3. The molecule has 0 saturated heterocycles. The van der Waals surface area contributed by atoms with Gasteiger partial charge in [-0.05, 0) is 95.4 Å². The molecule has 19 heteroatoms. The van der Waals surface area contributed by atoms with Crippen molar-refractivity contribution in [3.8, 4) is 23.0 Å². The lowest BCUT2D eigenvalue weighted by atomic mass is 10.0. The lowest BCUT2D eigenvalue weighted by molar-refractivity contribution is 0.173. The van der Waals surface area contributed by atoms with Crippen LogP contribution in [0.15, 0.2) is 24.3 Å². The number of rotatable bonds is 14. The van der Waals surface area contributed by atoms with E-state index in [0.29, 0.717) is 78.9 Å². The number of ether oxygens (including phenoxy) is 4. The Labute approximate surface area is 355 Å². The largest absolute Gasteiger partial charge is 0.454 e. The van der Waals surface area contributed by atoms with Crippen LogP contribution in [-0.4, -0.2) is 78.8 Å². The molecule has 0 fully saturated rings. The number of aromatic nitrogens is 8. The summed E-state index contributed by atoms with van der Waals surface area (Å²) in [6.45, 7) is 15.5. The first-order valence-corrected chi connectivity index (χ1v) is 20.2. The van der Waals surface area contributed by atoms with Crippen LogP contribution in [0.25, 0.3) is 22.3 Å². The molecular weight excluding hydrogens is 877 g/mol. The SMILES string of the molecule is C.CC(C)CNCCn1c(Cc2cc3c(cc2I)OCO3)nc2c(N)nc(F)nc21.Cc1cc2c(cc1Cc1nc3c(N)nc(F)nc3n1CCNCC(C)C)OCO2. The van der Waals surface area contributed by atoms with Crippen molar-refractivity contribution in [3.05, 3.63) is 68.3 Å². The summed E-state index contributed by atoms with van der Waals surface area (Å²) in [5, 5.41) is 6.80. The van der Waals surface area contributed by atoms with Crippen LogP contribution in [0.2, 0.25) is 0 Å². The van der Waals surface area contributed by atoms with E-state index in [1.165, 1.54) is 0 Å². The number of anilines is 2. The maximum Gasteiger partial charge on any atom is 0.312 e. The molecule has 2 aromatic carbocycles. The van der Waals surface area contributed by atoms with E-state index in [0.717, 1.165) is 62.2 Å². The summed E-state index contributed by atoms with van der Waals surface area (Å²) in [5.74, 6) is 5.59. The number of nitrogens with zero attached hydrogens (tertiary/aromatic N) is 8. The predicted octanol–water partition coefficient (Wildman–Crippen LogP) is 5.77. The first-order valence-electron chi connectivity index (χ1n) is 19.1. The Morgan fingerprint density at radius 3 is 1.56 bits per heavy atom. The first-order chi connectivity index (χ1) is 27.8. The molecule has 59 heavy (non-hydrogen) atoms. The van der Waals surface area contributed by atoms with Crippen LogP contribution in [0.3, 0.4) is 0 Å². The van der Waals surface area contributed by atoms with E-state index < -0.39 is 12.2 Å². The van der Waals surface area contributed by atoms with Crippen LogP contribution < -0.4 is 41.0 Å². The highest BCUT2D eigenvalue weighted by Gasteiger charge is 2.23. The minimum Gasteiger partial charge on any atom is -0.454 e. The Hall–Kier alpha value is -5.15. The van der Waals surface area contributed by atoms with Gasteiger partial charge in [0.1, 0.15) is 11.6 Å². The summed E-state index contributed by atoms with van der Waals surface area (Å²) < 4.78 is 54.4. The van der Waals surface area contributed by atoms with Gasteiger partial charge in [-0.15, -0.1) is 0 Å². The third-order valence-corrected chi connectivity index (χ3v) is 10.6. The molecule has 0 saturated carbocycles. The molecule has 0 aliphatic carbocycles. The Kier molecular flexibility index (Phi) is 13.9. The van der Waals surface area contributed by atoms with Crippen LogP contribution in [-0.2, 0) is 25.9 Å². The van der Waals surface area contributed by atoms with Crippen LogP contribution in [0.1, 0.15) is 63.5 Å². The van der Waals surface area contributed by atoms with E-state index >= 15 is 0 Å². The zero-order chi connectivity index (χ0) is 41.1. The average Bonchev–Trinajstić information content (AvgIpc) is 3.95. The lowest BCUT2D eigenvalue weighted by Crippen LogP contribution is -2.25. The molecule has 0 radical (unpaired) electrons. The molecule has 4 aromatic heterocycles. The maximum absolute atomic E-state index is 13.8. The molecule has 0 unspecified atom stereocenters. The third kappa shape index (κ3) is 10.0. The Morgan fingerprint density at radius 2 is 1.08 bits per heavy atom. The number of nitrogens with two attached hydrogens (primary N) is 2. The van der Waals surface area contributed by atoms with Crippen LogP contribution in [0, 0.1) is 34.5 Å². The van der Waals surface area contributed by atoms with Gasteiger partial charge in [-0.2, -0.15) is 28.7 Å². The molecule has 16 nitrogen and oxygen atoms in total. The Bertz CT molecular complexity index is 2270. The van der Waals surface area contributed by atoms with Gasteiger partial charge in [-0.1, -0.05) is 35.1 Å². The van der Waals surface area contributed by atoms with Crippen molar-refractivity contribution >= 4 is 56.6 Å². The molecule has 2 aliphatic rings. The zero-order valence-electron chi connectivity index (χ0n) is 33.0. The number of imidazole rings is 2. The monoisotopic (exact) mass is 928 g/mol. The highest BCUT2D eigenvalue weighted by molar-refractivity contribution is 14.1. The van der Waals surface area contributed by atoms with Gasteiger partial charge in [0.25, 0.3) is 0 Å². The van der Waals surface area contributed by atoms with Crippen molar-refractivity contribution in [2.45, 2.75) is 68.0 Å². The van der Waals surface area contributed by atoms with Gasteiger partial charge in [-0.3, -0.25) is 0 Å². The highest BCUT2D eigenvalue weighted by atomic mass is 127. The van der Waals surface area contributed by atoms with Gasteiger partial charge in [0.2, 0.25) is 13.6 Å². The number of aryl methyl sites for hydroxylation is 1. The first kappa shape index (κ1) is 43.4. The van der Waals surface area contributed by atoms with Crippen molar-refractivity contribution in [1.82, 2.24) is 49.7 Å². The Morgan fingerprint density at radius 1 is 0.661 bits per heavy atom. The van der Waals surface area contributed by atoms with Gasteiger partial charge in [-0.25, -0.2) is 9.97 Å². The summed E-state index contributed by atoms with van der Waals surface area (Å²) in [5.41, 5.74) is 16.6. The second-order valence-electron chi connectivity index (χ2n) is 14.9. The highest BCUT2D eigenvalue weighted by Crippen LogP contribution is 2.37. The second-order valence-corrected chi connectivity index (χ2v) is 16.1. The van der Waals surface area contributed by atoms with E-state index in [9.17, 15) is 8.78 Å². The fourth-order valence-electron chi connectivity index (χ4n) is 6.69. The fraction of sp³-hybridized carbons (Fsp3) is 0.450. The predicted molar refractivity (Wildman–Crippen MR) is 230 cm³/mol. The summed E-state index contributed by atoms with van der Waals surface area (Å²) >= 11 is 2.27. The maximum atomic E-state index is 13.8. The van der Waals surface area contributed by atoms with Gasteiger partial charge < -0.3 is 50.2 Å². The van der Waals surface area contributed by atoms with Crippen molar-refractivity contribution in [1.29, 1.82) is 0 Å². The number of benzene rings is 2. The van der Waals surface area contributed by atoms with E-state index in [1.54, 1.807) is 0 Å². The van der Waals surface area contributed by atoms with E-state index in [1.807, 2.05) is 40.3 Å². The molecule has 316 valence electrons. The molecule has 0 bridgehead atoms. The molecule has 0 spiro atoms. The average molecular weight is 929 g/mol. The van der Waals surface area contributed by atoms with E-state index in [4.69, 9.17) is 30.4 Å². The molecular formula is C40H51F2IN12O4. The molecule has 6 aromatic rings. The fourth-order valence-corrected chi connectivity index (χ4v) is 7.32. The number of hydrogen-bond donors (Lipinski definition) is 4. The second kappa shape index (κ2) is 18.8. The van der Waals surface area contributed by atoms with Crippen molar-refractivity contribution in [2.24, 2.45) is 11.8 Å². The van der Waals surface area contributed by atoms with Crippen molar-refractivity contribution in [3.63, 3.8) is 0 Å². The lowest BCUT2D eigenvalue weighted by Gasteiger charge is -2.12. The number of hydrogen-bond acceptors (Lipinski definition) is 14. The topological polar surface area (TPSA) is 200 Å². The minimum absolute atomic E-state index is 0. The number of nitrogens with one attached hydrogen (secondary N) is 2. The molecule has 6 heterocycles. The van der Waals surface area contributed by atoms with Gasteiger partial charge in [0.05, 0.1) is 0 Å². The zero-order valence-corrected chi connectivity index (χ0v) is 35.2. The van der Waals surface area contributed by atoms with E-state index in [2.05, 4.69) is 90.8 Å². The number of nitrogen functional groups attached to an aromatic ring is 2. The molecule has 2 aliphatic heterocycles. The minimum atomic E-state index is -0.851. The van der Waals surface area contributed by atoms with Crippen LogP contribution in [0.5, 0.6) is 23.0 Å². The quantitative estimate of drug-likeness (QED) is 0.0583. The van der Waals surface area contributed by atoms with Crippen molar-refractivity contribution in [2.75, 3.05) is 51.2 Å².